The molecule has 1 atom stereocenters. The van der Waals surface area contributed by atoms with Crippen LogP contribution in [0.1, 0.15) is 24.2 Å². The van der Waals surface area contributed by atoms with Crippen LogP contribution < -0.4 is 0 Å². The van der Waals surface area contributed by atoms with Gasteiger partial charge in [0.2, 0.25) is 0 Å². The van der Waals surface area contributed by atoms with Gasteiger partial charge in [0.05, 0.1) is 23.9 Å². The number of benzene rings is 1. The summed E-state index contributed by atoms with van der Waals surface area (Å²) in [6.07, 6.45) is 1.66. The standard InChI is InChI=1S/C19H25N3O3/c1-19(2)13-22(10-15(25-19)12-24-4)18(23)16-11-21(3)20-17(16)14-8-6-5-7-9-14/h5-9,11,15H,10,12-13H2,1-4H3/t15-/m0/s1. The van der Waals surface area contributed by atoms with Gasteiger partial charge in [0.1, 0.15) is 5.69 Å². The van der Waals surface area contributed by atoms with E-state index in [0.29, 0.717) is 31.0 Å². The van der Waals surface area contributed by atoms with Gasteiger partial charge in [-0.25, -0.2) is 0 Å². The summed E-state index contributed by atoms with van der Waals surface area (Å²) in [6, 6.07) is 9.79. The number of amides is 1. The minimum Gasteiger partial charge on any atom is -0.382 e. The molecule has 0 unspecified atom stereocenters. The molecule has 0 N–H and O–H groups in total. The van der Waals surface area contributed by atoms with Crippen molar-refractivity contribution in [3.8, 4) is 11.3 Å². The van der Waals surface area contributed by atoms with E-state index in [1.165, 1.54) is 0 Å². The van der Waals surface area contributed by atoms with E-state index in [2.05, 4.69) is 5.10 Å². The maximum absolute atomic E-state index is 13.2. The Morgan fingerprint density at radius 2 is 2.08 bits per heavy atom. The van der Waals surface area contributed by atoms with Crippen molar-refractivity contribution in [1.29, 1.82) is 0 Å². The largest absolute Gasteiger partial charge is 0.382 e. The third-order valence-corrected chi connectivity index (χ3v) is 4.23. The number of rotatable bonds is 4. The van der Waals surface area contributed by atoms with Gasteiger partial charge in [-0.1, -0.05) is 30.3 Å². The van der Waals surface area contributed by atoms with Gasteiger partial charge in [-0.3, -0.25) is 9.48 Å². The molecule has 1 aromatic carbocycles. The molecule has 0 saturated carbocycles. The lowest BCUT2D eigenvalue weighted by molar-refractivity contribution is -0.143. The zero-order chi connectivity index (χ0) is 18.0. The Hall–Kier alpha value is -2.18. The minimum atomic E-state index is -0.410. The number of methoxy groups -OCH3 is 1. The first kappa shape index (κ1) is 17.6. The number of nitrogens with zero attached hydrogens (tertiary/aromatic N) is 3. The average molecular weight is 343 g/mol. The van der Waals surface area contributed by atoms with Crippen LogP contribution in [0.4, 0.5) is 0 Å². The van der Waals surface area contributed by atoms with Gasteiger partial charge >= 0.3 is 0 Å². The molecule has 6 heteroatoms. The van der Waals surface area contributed by atoms with E-state index in [1.807, 2.05) is 56.1 Å². The molecule has 1 saturated heterocycles. The number of carbonyl (C=O) groups excluding carboxylic acids is 1. The van der Waals surface area contributed by atoms with Gasteiger partial charge in [-0.15, -0.1) is 0 Å². The summed E-state index contributed by atoms with van der Waals surface area (Å²) < 4.78 is 12.9. The molecular weight excluding hydrogens is 318 g/mol. The van der Waals surface area contributed by atoms with Crippen molar-refractivity contribution in [2.24, 2.45) is 7.05 Å². The Kier molecular flexibility index (Phi) is 4.92. The normalized spacial score (nSPS) is 19.8. The summed E-state index contributed by atoms with van der Waals surface area (Å²) in [5.74, 6) is -0.0237. The predicted octanol–water partition coefficient (Wildman–Crippen LogP) is 2.35. The van der Waals surface area contributed by atoms with Crippen molar-refractivity contribution in [3.63, 3.8) is 0 Å². The molecule has 0 radical (unpaired) electrons. The highest BCUT2D eigenvalue weighted by molar-refractivity contribution is 5.99. The predicted molar refractivity (Wildman–Crippen MR) is 95.4 cm³/mol. The number of hydrogen-bond acceptors (Lipinski definition) is 4. The van der Waals surface area contributed by atoms with Crippen LogP contribution in [-0.2, 0) is 16.5 Å². The van der Waals surface area contributed by atoms with Gasteiger partial charge in [-0.05, 0) is 13.8 Å². The summed E-state index contributed by atoms with van der Waals surface area (Å²) in [4.78, 5) is 15.1. The Morgan fingerprint density at radius 1 is 1.36 bits per heavy atom. The highest BCUT2D eigenvalue weighted by Crippen LogP contribution is 2.27. The molecule has 25 heavy (non-hydrogen) atoms. The number of ether oxygens (including phenoxy) is 2. The molecule has 6 nitrogen and oxygen atoms in total. The lowest BCUT2D eigenvalue weighted by Gasteiger charge is -2.42. The summed E-state index contributed by atoms with van der Waals surface area (Å²) in [6.45, 7) is 5.51. The summed E-state index contributed by atoms with van der Waals surface area (Å²) in [5, 5.41) is 4.50. The van der Waals surface area contributed by atoms with E-state index in [0.717, 1.165) is 5.56 Å². The zero-order valence-electron chi connectivity index (χ0n) is 15.2. The second-order valence-electron chi connectivity index (χ2n) is 7.07. The van der Waals surface area contributed by atoms with E-state index in [4.69, 9.17) is 9.47 Å². The molecule has 0 bridgehead atoms. The van der Waals surface area contributed by atoms with Crippen molar-refractivity contribution in [1.82, 2.24) is 14.7 Å². The fourth-order valence-electron chi connectivity index (χ4n) is 3.35. The van der Waals surface area contributed by atoms with Crippen LogP contribution >= 0.6 is 0 Å². The van der Waals surface area contributed by atoms with Crippen molar-refractivity contribution < 1.29 is 14.3 Å². The number of carbonyl (C=O) groups is 1. The molecule has 0 aliphatic carbocycles. The van der Waals surface area contributed by atoms with E-state index in [9.17, 15) is 4.79 Å². The summed E-state index contributed by atoms with van der Waals surface area (Å²) >= 11 is 0. The van der Waals surface area contributed by atoms with Crippen LogP contribution in [0.5, 0.6) is 0 Å². The van der Waals surface area contributed by atoms with Crippen molar-refractivity contribution in [2.75, 3.05) is 26.8 Å². The lowest BCUT2D eigenvalue weighted by Crippen LogP contribution is -2.55. The van der Waals surface area contributed by atoms with Gasteiger partial charge in [-0.2, -0.15) is 5.10 Å². The van der Waals surface area contributed by atoms with Crippen LogP contribution in [0.25, 0.3) is 11.3 Å². The van der Waals surface area contributed by atoms with Gasteiger partial charge in [0.15, 0.2) is 0 Å². The third-order valence-electron chi connectivity index (χ3n) is 4.23. The molecule has 0 spiro atoms. The Bertz CT molecular complexity index is 740. The molecule has 3 rings (SSSR count). The first-order valence-corrected chi connectivity index (χ1v) is 8.45. The molecule has 1 aliphatic heterocycles. The fourth-order valence-corrected chi connectivity index (χ4v) is 3.35. The zero-order valence-corrected chi connectivity index (χ0v) is 15.2. The molecule has 1 aliphatic rings. The van der Waals surface area contributed by atoms with Crippen molar-refractivity contribution in [3.05, 3.63) is 42.1 Å². The highest BCUT2D eigenvalue weighted by Gasteiger charge is 2.37. The van der Waals surface area contributed by atoms with Crippen LogP contribution in [0.2, 0.25) is 0 Å². The van der Waals surface area contributed by atoms with Crippen molar-refractivity contribution in [2.45, 2.75) is 25.6 Å². The summed E-state index contributed by atoms with van der Waals surface area (Å²) in [7, 11) is 3.48. The molecule has 2 heterocycles. The van der Waals surface area contributed by atoms with Gasteiger partial charge in [0, 0.05) is 39.0 Å². The average Bonchev–Trinajstić information content (AvgIpc) is 2.95. The van der Waals surface area contributed by atoms with Crippen LogP contribution in [0.3, 0.4) is 0 Å². The molecular formula is C19H25N3O3. The first-order valence-electron chi connectivity index (χ1n) is 8.45. The number of aryl methyl sites for hydroxylation is 1. The number of hydrogen-bond donors (Lipinski definition) is 0. The van der Waals surface area contributed by atoms with Crippen LogP contribution in [0.15, 0.2) is 36.5 Å². The number of morpholine rings is 1. The molecule has 1 amide bonds. The van der Waals surface area contributed by atoms with Gasteiger partial charge < -0.3 is 14.4 Å². The Balaban J connectivity index is 1.90. The van der Waals surface area contributed by atoms with Crippen LogP contribution in [-0.4, -0.2) is 59.1 Å². The lowest BCUT2D eigenvalue weighted by atomic mass is 10.0. The minimum absolute atomic E-state index is 0.0237. The summed E-state index contributed by atoms with van der Waals surface area (Å²) in [5.41, 5.74) is 1.85. The fraction of sp³-hybridized carbons (Fsp3) is 0.474. The van der Waals surface area contributed by atoms with E-state index >= 15 is 0 Å². The quantitative estimate of drug-likeness (QED) is 0.855. The number of aromatic nitrogens is 2. The smallest absolute Gasteiger partial charge is 0.257 e. The van der Waals surface area contributed by atoms with E-state index in [-0.39, 0.29) is 12.0 Å². The Labute approximate surface area is 148 Å². The SMILES string of the molecule is COC[C@@H]1CN(C(=O)c2cn(C)nc2-c2ccccc2)CC(C)(C)O1. The monoisotopic (exact) mass is 343 g/mol. The van der Waals surface area contributed by atoms with E-state index in [1.54, 1.807) is 18.0 Å². The molecule has 1 fully saturated rings. The van der Waals surface area contributed by atoms with Crippen molar-refractivity contribution >= 4 is 5.91 Å². The second-order valence-corrected chi connectivity index (χ2v) is 7.07. The van der Waals surface area contributed by atoms with Crippen LogP contribution in [0, 0.1) is 0 Å². The van der Waals surface area contributed by atoms with E-state index < -0.39 is 5.60 Å². The molecule has 1 aromatic heterocycles. The third kappa shape index (κ3) is 3.91. The maximum Gasteiger partial charge on any atom is 0.257 e. The molecule has 2 aromatic rings. The highest BCUT2D eigenvalue weighted by atomic mass is 16.5. The topological polar surface area (TPSA) is 56.6 Å². The Morgan fingerprint density at radius 3 is 2.76 bits per heavy atom. The maximum atomic E-state index is 13.2. The first-order chi connectivity index (χ1) is 11.9. The van der Waals surface area contributed by atoms with Gasteiger partial charge in [0.25, 0.3) is 5.91 Å². The molecule has 134 valence electrons. The second kappa shape index (κ2) is 6.98.